The molecule has 14 heavy (non-hydrogen) atoms. The molecule has 0 spiro atoms. The first-order valence-electron chi connectivity index (χ1n) is 4.68. The van der Waals surface area contributed by atoms with Gasteiger partial charge in [0.1, 0.15) is 11.9 Å². The van der Waals surface area contributed by atoms with E-state index in [9.17, 15) is 4.39 Å². The summed E-state index contributed by atoms with van der Waals surface area (Å²) >= 11 is 0. The van der Waals surface area contributed by atoms with Crippen molar-refractivity contribution in [1.29, 1.82) is 0 Å². The van der Waals surface area contributed by atoms with Gasteiger partial charge in [0, 0.05) is 5.56 Å². The van der Waals surface area contributed by atoms with Gasteiger partial charge in [-0.1, -0.05) is 12.1 Å². The first-order valence-corrected chi connectivity index (χ1v) is 4.68. The molecule has 3 heteroatoms. The number of aryl methyl sites for hydroxylation is 1. The fourth-order valence-corrected chi connectivity index (χ4v) is 1.52. The minimum absolute atomic E-state index is 0.335. The lowest BCUT2D eigenvalue weighted by Gasteiger charge is -2.14. The predicted octanol–water partition coefficient (Wildman–Crippen LogP) is 2.36. The summed E-state index contributed by atoms with van der Waals surface area (Å²) < 4.78 is 18.8. The van der Waals surface area contributed by atoms with E-state index in [2.05, 4.69) is 0 Å². The van der Waals surface area contributed by atoms with Crippen LogP contribution < -0.4 is 10.5 Å². The summed E-state index contributed by atoms with van der Waals surface area (Å²) in [4.78, 5) is 0. The van der Waals surface area contributed by atoms with E-state index in [-0.39, 0.29) is 0 Å². The first-order chi connectivity index (χ1) is 6.70. The Bertz CT molecular complexity index is 301. The van der Waals surface area contributed by atoms with Crippen LogP contribution in [0.2, 0.25) is 0 Å². The molecule has 1 atom stereocenters. The van der Waals surface area contributed by atoms with E-state index in [1.807, 2.05) is 19.1 Å². The topological polar surface area (TPSA) is 35.2 Å². The van der Waals surface area contributed by atoms with E-state index in [4.69, 9.17) is 10.5 Å². The maximum atomic E-state index is 13.7. The van der Waals surface area contributed by atoms with Crippen LogP contribution in [0.5, 0.6) is 5.75 Å². The van der Waals surface area contributed by atoms with Gasteiger partial charge in [0.25, 0.3) is 0 Å². The maximum Gasteiger partial charge on any atom is 0.130 e. The van der Waals surface area contributed by atoms with Crippen molar-refractivity contribution in [3.05, 3.63) is 29.3 Å². The molecule has 2 nitrogen and oxygen atoms in total. The Kier molecular flexibility index (Phi) is 3.89. The summed E-state index contributed by atoms with van der Waals surface area (Å²) in [5.74, 6) is 0.603. The monoisotopic (exact) mass is 197 g/mol. The molecule has 0 aliphatic rings. The molecule has 0 aromatic heterocycles. The van der Waals surface area contributed by atoms with Crippen LogP contribution in [0.4, 0.5) is 4.39 Å². The molecule has 0 amide bonds. The van der Waals surface area contributed by atoms with Crippen molar-refractivity contribution in [2.45, 2.75) is 19.5 Å². The van der Waals surface area contributed by atoms with E-state index in [0.29, 0.717) is 24.3 Å². The molecule has 1 aromatic carbocycles. The molecule has 0 bridgehead atoms. The smallest absolute Gasteiger partial charge is 0.130 e. The molecule has 0 radical (unpaired) electrons. The SMILES string of the molecule is COc1cccc(C)c1C(F)CCN. The third-order valence-corrected chi connectivity index (χ3v) is 2.24. The van der Waals surface area contributed by atoms with Crippen LogP contribution in [0.1, 0.15) is 23.7 Å². The summed E-state index contributed by atoms with van der Waals surface area (Å²) in [6, 6.07) is 5.50. The van der Waals surface area contributed by atoms with Gasteiger partial charge in [-0.05, 0) is 31.5 Å². The van der Waals surface area contributed by atoms with Crippen LogP contribution in [0.3, 0.4) is 0 Å². The Hall–Kier alpha value is -1.09. The Morgan fingerprint density at radius 2 is 2.21 bits per heavy atom. The Balaban J connectivity index is 3.03. The number of rotatable bonds is 4. The van der Waals surface area contributed by atoms with Gasteiger partial charge >= 0.3 is 0 Å². The molecular weight excluding hydrogens is 181 g/mol. The lowest BCUT2D eigenvalue weighted by molar-refractivity contribution is 0.310. The van der Waals surface area contributed by atoms with Gasteiger partial charge < -0.3 is 10.5 Å². The Morgan fingerprint density at radius 1 is 1.50 bits per heavy atom. The van der Waals surface area contributed by atoms with Gasteiger partial charge in [-0.25, -0.2) is 4.39 Å². The van der Waals surface area contributed by atoms with Crippen molar-refractivity contribution in [3.63, 3.8) is 0 Å². The maximum absolute atomic E-state index is 13.7. The molecule has 0 aliphatic heterocycles. The second-order valence-corrected chi connectivity index (χ2v) is 3.24. The summed E-state index contributed by atoms with van der Waals surface area (Å²) in [5, 5.41) is 0. The third-order valence-electron chi connectivity index (χ3n) is 2.24. The zero-order valence-electron chi connectivity index (χ0n) is 8.59. The van der Waals surface area contributed by atoms with E-state index in [0.717, 1.165) is 5.56 Å². The molecule has 0 fully saturated rings. The highest BCUT2D eigenvalue weighted by Crippen LogP contribution is 2.32. The van der Waals surface area contributed by atoms with Gasteiger partial charge in [-0.2, -0.15) is 0 Å². The van der Waals surface area contributed by atoms with Crippen LogP contribution in [-0.2, 0) is 0 Å². The minimum atomic E-state index is -1.03. The fraction of sp³-hybridized carbons (Fsp3) is 0.455. The van der Waals surface area contributed by atoms with Gasteiger partial charge in [0.05, 0.1) is 7.11 Å². The van der Waals surface area contributed by atoms with Gasteiger partial charge in [-0.15, -0.1) is 0 Å². The summed E-state index contributed by atoms with van der Waals surface area (Å²) in [7, 11) is 1.55. The normalized spacial score (nSPS) is 12.6. The number of benzene rings is 1. The van der Waals surface area contributed by atoms with Gasteiger partial charge in [0.2, 0.25) is 0 Å². The van der Waals surface area contributed by atoms with Crippen molar-refractivity contribution >= 4 is 0 Å². The van der Waals surface area contributed by atoms with Gasteiger partial charge in [-0.3, -0.25) is 0 Å². The molecular formula is C11H16FNO. The molecule has 0 heterocycles. The number of alkyl halides is 1. The summed E-state index contributed by atoms with van der Waals surface area (Å²) in [6.07, 6.45) is -0.697. The number of ether oxygens (including phenoxy) is 1. The van der Waals surface area contributed by atoms with Crippen LogP contribution in [-0.4, -0.2) is 13.7 Å². The zero-order valence-corrected chi connectivity index (χ0v) is 8.59. The van der Waals surface area contributed by atoms with E-state index in [1.165, 1.54) is 0 Å². The van der Waals surface area contributed by atoms with Crippen molar-refractivity contribution in [2.24, 2.45) is 5.73 Å². The van der Waals surface area contributed by atoms with Crippen LogP contribution in [0.15, 0.2) is 18.2 Å². The molecule has 2 N–H and O–H groups in total. The average molecular weight is 197 g/mol. The molecule has 0 saturated carbocycles. The minimum Gasteiger partial charge on any atom is -0.496 e. The zero-order chi connectivity index (χ0) is 10.6. The lowest BCUT2D eigenvalue weighted by Crippen LogP contribution is -2.06. The van der Waals surface area contributed by atoms with Crippen molar-refractivity contribution in [2.75, 3.05) is 13.7 Å². The molecule has 1 rings (SSSR count). The number of hydrogen-bond acceptors (Lipinski definition) is 2. The predicted molar refractivity (Wildman–Crippen MR) is 55.3 cm³/mol. The highest BCUT2D eigenvalue weighted by atomic mass is 19.1. The highest BCUT2D eigenvalue weighted by Gasteiger charge is 2.16. The lowest BCUT2D eigenvalue weighted by atomic mass is 10.0. The largest absolute Gasteiger partial charge is 0.496 e. The van der Waals surface area contributed by atoms with Crippen LogP contribution in [0.25, 0.3) is 0 Å². The number of methoxy groups -OCH3 is 1. The van der Waals surface area contributed by atoms with E-state index < -0.39 is 6.17 Å². The Labute approximate surface area is 83.9 Å². The molecule has 78 valence electrons. The van der Waals surface area contributed by atoms with Crippen molar-refractivity contribution < 1.29 is 9.13 Å². The fourth-order valence-electron chi connectivity index (χ4n) is 1.52. The van der Waals surface area contributed by atoms with Crippen molar-refractivity contribution in [1.82, 2.24) is 0 Å². The molecule has 0 aliphatic carbocycles. The first kappa shape index (κ1) is 11.0. The second kappa shape index (κ2) is 4.96. The Morgan fingerprint density at radius 3 is 2.79 bits per heavy atom. The van der Waals surface area contributed by atoms with E-state index >= 15 is 0 Å². The summed E-state index contributed by atoms with van der Waals surface area (Å²) in [5.41, 5.74) is 6.86. The highest BCUT2D eigenvalue weighted by molar-refractivity contribution is 5.41. The third kappa shape index (κ3) is 2.23. The van der Waals surface area contributed by atoms with Crippen LogP contribution >= 0.6 is 0 Å². The second-order valence-electron chi connectivity index (χ2n) is 3.24. The molecule has 1 unspecified atom stereocenters. The molecule has 1 aromatic rings. The van der Waals surface area contributed by atoms with Gasteiger partial charge in [0.15, 0.2) is 0 Å². The number of nitrogens with two attached hydrogens (primary N) is 1. The van der Waals surface area contributed by atoms with Crippen molar-refractivity contribution in [3.8, 4) is 5.75 Å². The molecule has 0 saturated heterocycles. The quantitative estimate of drug-likeness (QED) is 0.804. The standard InChI is InChI=1S/C11H16FNO/c1-8-4-3-5-10(14-2)11(8)9(12)6-7-13/h3-5,9H,6-7,13H2,1-2H3. The van der Waals surface area contributed by atoms with E-state index in [1.54, 1.807) is 13.2 Å². The van der Waals surface area contributed by atoms with Crippen LogP contribution in [0, 0.1) is 6.92 Å². The number of hydrogen-bond donors (Lipinski definition) is 1. The average Bonchev–Trinajstić information content (AvgIpc) is 2.17. The summed E-state index contributed by atoms with van der Waals surface area (Å²) in [6.45, 7) is 2.22. The number of halogens is 1.